The van der Waals surface area contributed by atoms with E-state index in [1.54, 1.807) is 0 Å². The van der Waals surface area contributed by atoms with Crippen molar-refractivity contribution in [2.45, 2.75) is 13.8 Å². The van der Waals surface area contributed by atoms with E-state index in [4.69, 9.17) is 14.2 Å². The second-order valence-corrected chi connectivity index (χ2v) is 9.96. The third-order valence-electron chi connectivity index (χ3n) is 5.91. The summed E-state index contributed by atoms with van der Waals surface area (Å²) in [4.78, 5) is 13.7. The molecule has 6 heteroatoms. The molecule has 0 fully saturated rings. The summed E-state index contributed by atoms with van der Waals surface area (Å²) < 4.78 is 18.9. The van der Waals surface area contributed by atoms with Crippen molar-refractivity contribution < 1.29 is 37.9 Å². The molecule has 0 saturated carbocycles. The van der Waals surface area contributed by atoms with E-state index in [1.807, 2.05) is 135 Å². The van der Waals surface area contributed by atoms with Gasteiger partial charge in [0.1, 0.15) is 34.5 Å². The minimum Gasteiger partial charge on any atom is -0.457 e. The number of hydrogen-bond acceptors (Lipinski definition) is 4. The van der Waals surface area contributed by atoms with Crippen molar-refractivity contribution in [3.63, 3.8) is 0 Å². The van der Waals surface area contributed by atoms with E-state index in [2.05, 4.69) is 0 Å². The third kappa shape index (κ3) is 7.19. The van der Waals surface area contributed by atoms with Crippen molar-refractivity contribution in [2.75, 3.05) is 0 Å². The zero-order valence-corrected chi connectivity index (χ0v) is 23.2. The molecule has 188 valence electrons. The molecule has 0 aliphatic rings. The number of para-hydroxylation sites is 3. The largest absolute Gasteiger partial charge is 1.00 e. The van der Waals surface area contributed by atoms with Gasteiger partial charge in [-0.05, 0) is 70.0 Å². The van der Waals surface area contributed by atoms with Crippen molar-refractivity contribution in [1.29, 1.82) is 0 Å². The van der Waals surface area contributed by atoms with Crippen LogP contribution in [0, 0.1) is 13.8 Å². The molecule has 5 aromatic carbocycles. The van der Waals surface area contributed by atoms with E-state index in [9.17, 15) is 4.79 Å². The quantitative estimate of drug-likeness (QED) is 0.180. The van der Waals surface area contributed by atoms with Gasteiger partial charge in [0, 0.05) is 17.7 Å². The number of carbonyl (C=O) groups excluding carboxylic acids is 1. The standard InChI is InChI=1S/C33H27O4P.Li/c1-23-13-12-14-24(2)31(23)33(34)38-32-29(36-26-17-8-4-9-18-26)21-28(35-25-15-6-3-7-16-25)22-30(32)37-27-19-10-5-11-20-27;/h3-22,38H,1-2H3;/q;+1. The Bertz CT molecular complexity index is 1460. The molecule has 0 aliphatic heterocycles. The molecule has 0 spiro atoms. The summed E-state index contributed by atoms with van der Waals surface area (Å²) in [5.74, 6) is 3.55. The summed E-state index contributed by atoms with van der Waals surface area (Å²) in [5, 5.41) is 0.672. The van der Waals surface area contributed by atoms with Crippen molar-refractivity contribution in [3.05, 3.63) is 138 Å². The Labute approximate surface area is 242 Å². The second kappa shape index (κ2) is 13.3. The van der Waals surface area contributed by atoms with Crippen LogP contribution in [0.1, 0.15) is 21.5 Å². The van der Waals surface area contributed by atoms with Gasteiger partial charge in [-0.3, -0.25) is 4.79 Å². The maximum Gasteiger partial charge on any atom is 1.00 e. The predicted molar refractivity (Wildman–Crippen MR) is 154 cm³/mol. The van der Waals surface area contributed by atoms with Gasteiger partial charge in [0.2, 0.25) is 0 Å². The Morgan fingerprint density at radius 2 is 0.949 bits per heavy atom. The van der Waals surface area contributed by atoms with E-state index >= 15 is 0 Å². The minimum absolute atomic E-state index is 0. The van der Waals surface area contributed by atoms with Crippen LogP contribution in [0.15, 0.2) is 121 Å². The summed E-state index contributed by atoms with van der Waals surface area (Å²) in [6.07, 6.45) is 0. The number of aryl methyl sites for hydroxylation is 2. The van der Waals surface area contributed by atoms with E-state index < -0.39 is 0 Å². The number of benzene rings is 5. The van der Waals surface area contributed by atoms with Gasteiger partial charge in [-0.25, -0.2) is 0 Å². The van der Waals surface area contributed by atoms with Crippen molar-refractivity contribution in [1.82, 2.24) is 0 Å². The third-order valence-corrected chi connectivity index (χ3v) is 7.13. The molecule has 0 bridgehead atoms. The molecule has 0 saturated heterocycles. The normalized spacial score (nSPS) is 10.6. The van der Waals surface area contributed by atoms with E-state index in [0.29, 0.717) is 39.8 Å². The molecule has 0 heterocycles. The average molecular weight is 525 g/mol. The van der Waals surface area contributed by atoms with Crippen LogP contribution in [0.4, 0.5) is 0 Å². The fourth-order valence-corrected chi connectivity index (χ4v) is 5.35. The van der Waals surface area contributed by atoms with Crippen molar-refractivity contribution in [3.8, 4) is 34.5 Å². The fraction of sp³-hybridized carbons (Fsp3) is 0.0606. The van der Waals surface area contributed by atoms with Crippen LogP contribution in [0.3, 0.4) is 0 Å². The monoisotopic (exact) mass is 525 g/mol. The topological polar surface area (TPSA) is 44.8 Å². The van der Waals surface area contributed by atoms with Gasteiger partial charge in [-0.2, -0.15) is 0 Å². The molecular formula is C33H27LiO4P+. The summed E-state index contributed by atoms with van der Waals surface area (Å²) in [5.41, 5.74) is 2.64. The summed E-state index contributed by atoms with van der Waals surface area (Å²) in [6, 6.07) is 38.1. The molecule has 0 radical (unpaired) electrons. The smallest absolute Gasteiger partial charge is 0.457 e. The Kier molecular flexibility index (Phi) is 9.63. The maximum atomic E-state index is 13.7. The summed E-state index contributed by atoms with van der Waals surface area (Å²) in [7, 11) is -0.231. The van der Waals surface area contributed by atoms with Crippen LogP contribution in [-0.4, -0.2) is 5.52 Å². The molecule has 1 unspecified atom stereocenters. The Balaban J connectivity index is 0.00000353. The molecule has 39 heavy (non-hydrogen) atoms. The Hall–Kier alpha value is -3.80. The zero-order valence-electron chi connectivity index (χ0n) is 22.2. The second-order valence-electron chi connectivity index (χ2n) is 8.76. The SMILES string of the molecule is Cc1cccc(C)c1C(=O)Pc1c(Oc2ccccc2)cc(Oc2ccccc2)cc1Oc1ccccc1.[Li+]. The van der Waals surface area contributed by atoms with Crippen LogP contribution in [0.25, 0.3) is 0 Å². The molecule has 5 rings (SSSR count). The van der Waals surface area contributed by atoms with Crippen LogP contribution >= 0.6 is 8.58 Å². The first-order valence-electron chi connectivity index (χ1n) is 12.3. The van der Waals surface area contributed by atoms with Crippen molar-refractivity contribution >= 4 is 19.4 Å². The summed E-state index contributed by atoms with van der Waals surface area (Å²) >= 11 is 0. The zero-order chi connectivity index (χ0) is 26.3. The number of hydrogen-bond donors (Lipinski definition) is 0. The number of rotatable bonds is 9. The van der Waals surface area contributed by atoms with Gasteiger partial charge < -0.3 is 14.2 Å². The Morgan fingerprint density at radius 1 is 0.538 bits per heavy atom. The molecular weight excluding hydrogens is 498 g/mol. The molecule has 1 atom stereocenters. The van der Waals surface area contributed by atoms with Gasteiger partial charge in [0.15, 0.2) is 5.52 Å². The first kappa shape index (κ1) is 28.2. The first-order valence-corrected chi connectivity index (χ1v) is 13.3. The van der Waals surface area contributed by atoms with Gasteiger partial charge in [-0.15, -0.1) is 0 Å². The average Bonchev–Trinajstić information content (AvgIpc) is 2.92. The Morgan fingerprint density at radius 3 is 1.38 bits per heavy atom. The van der Waals surface area contributed by atoms with E-state index in [1.165, 1.54) is 0 Å². The molecule has 4 nitrogen and oxygen atoms in total. The van der Waals surface area contributed by atoms with Gasteiger partial charge in [-0.1, -0.05) is 72.8 Å². The number of ether oxygens (including phenoxy) is 3. The van der Waals surface area contributed by atoms with E-state index in [0.717, 1.165) is 16.7 Å². The van der Waals surface area contributed by atoms with Crippen molar-refractivity contribution in [2.24, 2.45) is 0 Å². The van der Waals surface area contributed by atoms with Gasteiger partial charge in [0.05, 0.1) is 5.30 Å². The predicted octanol–water partition coefficient (Wildman–Crippen LogP) is 5.83. The maximum absolute atomic E-state index is 13.7. The minimum atomic E-state index is -0.231. The molecule has 5 aromatic rings. The van der Waals surface area contributed by atoms with Gasteiger partial charge in [0.25, 0.3) is 0 Å². The van der Waals surface area contributed by atoms with Crippen LogP contribution in [-0.2, 0) is 0 Å². The van der Waals surface area contributed by atoms with Crippen LogP contribution < -0.4 is 38.4 Å². The van der Waals surface area contributed by atoms with E-state index in [-0.39, 0.29) is 33.0 Å². The molecule has 0 aromatic heterocycles. The van der Waals surface area contributed by atoms with Crippen LogP contribution in [0.2, 0.25) is 0 Å². The fourth-order valence-electron chi connectivity index (χ4n) is 4.11. The molecule has 0 amide bonds. The molecule has 0 aliphatic carbocycles. The first-order chi connectivity index (χ1) is 18.6. The number of carbonyl (C=O) groups is 1. The van der Waals surface area contributed by atoms with Crippen LogP contribution in [0.5, 0.6) is 34.5 Å². The molecule has 0 N–H and O–H groups in total. The summed E-state index contributed by atoms with van der Waals surface area (Å²) in [6.45, 7) is 3.93. The van der Waals surface area contributed by atoms with Gasteiger partial charge >= 0.3 is 18.9 Å².